The van der Waals surface area contributed by atoms with Crippen molar-refractivity contribution in [3.63, 3.8) is 0 Å². The smallest absolute Gasteiger partial charge is 0.217 e. The highest BCUT2D eigenvalue weighted by Crippen LogP contribution is 2.24. The Bertz CT molecular complexity index is 756. The molecule has 0 spiro atoms. The van der Waals surface area contributed by atoms with Crippen LogP contribution in [0.15, 0.2) is 60.7 Å². The first kappa shape index (κ1) is 21.4. The third kappa shape index (κ3) is 6.09. The van der Waals surface area contributed by atoms with Crippen molar-refractivity contribution < 1.29 is 29.2 Å². The van der Waals surface area contributed by atoms with E-state index in [1.165, 1.54) is 6.92 Å². The highest BCUT2D eigenvalue weighted by molar-refractivity contribution is 5.73. The fourth-order valence-electron chi connectivity index (χ4n) is 3.29. The number of ether oxygens (including phenoxy) is 3. The van der Waals surface area contributed by atoms with Gasteiger partial charge in [0.1, 0.15) is 24.4 Å². The Labute approximate surface area is 170 Å². The molecule has 5 atom stereocenters. The number of carbonyl (C=O) groups is 1. The molecule has 1 fully saturated rings. The average Bonchev–Trinajstić information content (AvgIpc) is 2.72. The van der Waals surface area contributed by atoms with E-state index in [0.29, 0.717) is 6.61 Å². The molecular weight excluding hydrogens is 374 g/mol. The molecule has 1 amide bonds. The van der Waals surface area contributed by atoms with Crippen LogP contribution in [0.5, 0.6) is 0 Å². The zero-order valence-corrected chi connectivity index (χ0v) is 16.3. The Morgan fingerprint density at radius 1 is 1.00 bits per heavy atom. The normalized spacial score (nSPS) is 26.8. The highest BCUT2D eigenvalue weighted by atomic mass is 16.6. The van der Waals surface area contributed by atoms with Gasteiger partial charge in [-0.15, -0.1) is 0 Å². The Morgan fingerprint density at radius 3 is 2.17 bits per heavy atom. The Hall–Kier alpha value is -2.29. The number of aliphatic hydroxyl groups excluding tert-OH is 2. The lowest BCUT2D eigenvalue weighted by Gasteiger charge is -2.42. The Kier molecular flexibility index (Phi) is 7.74. The van der Waals surface area contributed by atoms with Crippen molar-refractivity contribution in [3.8, 4) is 0 Å². The summed E-state index contributed by atoms with van der Waals surface area (Å²) >= 11 is 0. The number of aliphatic hydroxyl groups is 2. The number of amides is 1. The topological polar surface area (TPSA) is 97.3 Å². The maximum Gasteiger partial charge on any atom is 0.217 e. The number of nitrogens with one attached hydrogen (secondary N) is 1. The molecule has 1 heterocycles. The van der Waals surface area contributed by atoms with E-state index in [9.17, 15) is 15.0 Å². The number of rotatable bonds is 8. The third-order valence-electron chi connectivity index (χ3n) is 4.74. The molecule has 0 aromatic heterocycles. The monoisotopic (exact) mass is 401 g/mol. The summed E-state index contributed by atoms with van der Waals surface area (Å²) in [4.78, 5) is 11.6. The molecule has 0 bridgehead atoms. The summed E-state index contributed by atoms with van der Waals surface area (Å²) in [5, 5.41) is 23.8. The van der Waals surface area contributed by atoms with E-state index in [4.69, 9.17) is 14.2 Å². The highest BCUT2D eigenvalue weighted by Gasteiger charge is 2.46. The molecule has 0 radical (unpaired) electrons. The van der Waals surface area contributed by atoms with E-state index in [0.717, 1.165) is 11.1 Å². The van der Waals surface area contributed by atoms with Crippen molar-refractivity contribution in [1.82, 2.24) is 5.32 Å². The molecule has 0 saturated carbocycles. The van der Waals surface area contributed by atoms with Crippen molar-refractivity contribution in [2.24, 2.45) is 0 Å². The first-order chi connectivity index (χ1) is 14.0. The largest absolute Gasteiger partial charge is 0.388 e. The quantitative estimate of drug-likeness (QED) is 0.618. The predicted molar refractivity (Wildman–Crippen MR) is 106 cm³/mol. The second-order valence-corrected chi connectivity index (χ2v) is 7.04. The fourth-order valence-corrected chi connectivity index (χ4v) is 3.29. The van der Waals surface area contributed by atoms with Gasteiger partial charge in [-0.25, -0.2) is 0 Å². The molecule has 1 aliphatic heterocycles. The molecule has 3 N–H and O–H groups in total. The molecule has 2 aromatic carbocycles. The minimum atomic E-state index is -1.33. The number of carbonyl (C=O) groups excluding carboxylic acids is 1. The lowest BCUT2D eigenvalue weighted by Crippen LogP contribution is -2.64. The molecule has 0 aliphatic carbocycles. The van der Waals surface area contributed by atoms with Gasteiger partial charge in [0.25, 0.3) is 0 Å². The molecule has 156 valence electrons. The van der Waals surface area contributed by atoms with Crippen LogP contribution in [-0.4, -0.2) is 53.4 Å². The van der Waals surface area contributed by atoms with Crippen molar-refractivity contribution in [3.05, 3.63) is 71.8 Å². The summed E-state index contributed by atoms with van der Waals surface area (Å²) in [5.74, 6) is -0.350. The predicted octanol–water partition coefficient (Wildman–Crippen LogP) is 1.37. The van der Waals surface area contributed by atoms with Gasteiger partial charge in [0.2, 0.25) is 5.91 Å². The summed E-state index contributed by atoms with van der Waals surface area (Å²) in [6.45, 7) is 1.99. The first-order valence-electron chi connectivity index (χ1n) is 9.60. The lowest BCUT2D eigenvalue weighted by molar-refractivity contribution is -0.266. The van der Waals surface area contributed by atoms with Gasteiger partial charge >= 0.3 is 0 Å². The molecule has 2 aromatic rings. The van der Waals surface area contributed by atoms with Crippen LogP contribution in [0.3, 0.4) is 0 Å². The van der Waals surface area contributed by atoms with Crippen LogP contribution in [0.2, 0.25) is 0 Å². The van der Waals surface area contributed by atoms with E-state index in [1.807, 2.05) is 60.7 Å². The van der Waals surface area contributed by atoms with Crippen molar-refractivity contribution in [2.75, 3.05) is 6.61 Å². The molecule has 29 heavy (non-hydrogen) atoms. The fraction of sp³-hybridized carbons (Fsp3) is 0.409. The van der Waals surface area contributed by atoms with Gasteiger partial charge in [0.15, 0.2) is 6.29 Å². The van der Waals surface area contributed by atoms with Crippen LogP contribution in [0, 0.1) is 0 Å². The van der Waals surface area contributed by atoms with Crippen molar-refractivity contribution in [2.45, 2.75) is 50.8 Å². The van der Waals surface area contributed by atoms with Gasteiger partial charge in [-0.05, 0) is 11.1 Å². The summed E-state index contributed by atoms with van der Waals surface area (Å²) in [7, 11) is 0. The summed E-state index contributed by atoms with van der Waals surface area (Å²) < 4.78 is 17.1. The lowest BCUT2D eigenvalue weighted by atomic mass is 9.96. The van der Waals surface area contributed by atoms with Crippen molar-refractivity contribution >= 4 is 5.91 Å². The minimum absolute atomic E-state index is 0.0745. The van der Waals surface area contributed by atoms with Gasteiger partial charge in [-0.1, -0.05) is 60.7 Å². The number of hydrogen-bond acceptors (Lipinski definition) is 6. The molecule has 3 rings (SSSR count). The standard InChI is InChI=1S/C22H27NO6/c1-15(24)23-19-21(28-13-17-10-6-3-7-11-17)20(25)18(29-22(19)26)14-27-12-16-8-4-2-5-9-16/h2-11,18-22,25-26H,12-14H2,1H3,(H,23,24)/t18?,19-,20+,21+,22+/m0/s1. The van der Waals surface area contributed by atoms with Crippen LogP contribution in [-0.2, 0) is 32.2 Å². The van der Waals surface area contributed by atoms with E-state index in [-0.39, 0.29) is 19.1 Å². The second kappa shape index (κ2) is 10.5. The van der Waals surface area contributed by atoms with E-state index >= 15 is 0 Å². The van der Waals surface area contributed by atoms with Gasteiger partial charge in [0.05, 0.1) is 19.8 Å². The summed E-state index contributed by atoms with van der Waals surface area (Å²) in [5.41, 5.74) is 1.91. The van der Waals surface area contributed by atoms with Gasteiger partial charge in [-0.3, -0.25) is 4.79 Å². The van der Waals surface area contributed by atoms with Crippen molar-refractivity contribution in [1.29, 1.82) is 0 Å². The molecule has 7 heteroatoms. The maximum absolute atomic E-state index is 11.6. The minimum Gasteiger partial charge on any atom is -0.388 e. The van der Waals surface area contributed by atoms with Gasteiger partial charge in [0, 0.05) is 6.92 Å². The van der Waals surface area contributed by atoms with Crippen LogP contribution >= 0.6 is 0 Å². The second-order valence-electron chi connectivity index (χ2n) is 7.04. The molecular formula is C22H27NO6. The van der Waals surface area contributed by atoms with Gasteiger partial charge < -0.3 is 29.7 Å². The van der Waals surface area contributed by atoms with Crippen LogP contribution in [0.4, 0.5) is 0 Å². The molecule has 1 unspecified atom stereocenters. The van der Waals surface area contributed by atoms with Crippen LogP contribution in [0.1, 0.15) is 18.1 Å². The number of benzene rings is 2. The first-order valence-corrected chi connectivity index (χ1v) is 9.60. The van der Waals surface area contributed by atoms with Gasteiger partial charge in [-0.2, -0.15) is 0 Å². The van der Waals surface area contributed by atoms with Crippen LogP contribution in [0.25, 0.3) is 0 Å². The van der Waals surface area contributed by atoms with E-state index in [2.05, 4.69) is 5.32 Å². The molecule has 1 saturated heterocycles. The summed E-state index contributed by atoms with van der Waals surface area (Å²) in [6, 6.07) is 18.2. The zero-order chi connectivity index (χ0) is 20.6. The summed E-state index contributed by atoms with van der Waals surface area (Å²) in [6.07, 6.45) is -4.06. The van der Waals surface area contributed by atoms with Crippen LogP contribution < -0.4 is 5.32 Å². The Balaban J connectivity index is 1.64. The zero-order valence-electron chi connectivity index (χ0n) is 16.3. The molecule has 7 nitrogen and oxygen atoms in total. The third-order valence-corrected chi connectivity index (χ3v) is 4.74. The number of hydrogen-bond donors (Lipinski definition) is 3. The Morgan fingerprint density at radius 2 is 1.59 bits per heavy atom. The molecule has 1 aliphatic rings. The van der Waals surface area contributed by atoms with E-state index in [1.54, 1.807) is 0 Å². The SMILES string of the molecule is CC(=O)N[C@H]1[C@@H](OCc2ccccc2)[C@H](O)C(COCc2ccccc2)O[C@H]1O. The van der Waals surface area contributed by atoms with E-state index < -0.39 is 30.6 Å². The average molecular weight is 401 g/mol. The maximum atomic E-state index is 11.6.